The first kappa shape index (κ1) is 11.3. The largest absolute Gasteiger partial charge is 0.418 e. The average Bonchev–Trinajstić information content (AvgIpc) is 2.56. The van der Waals surface area contributed by atoms with Gasteiger partial charge in [-0.05, 0) is 35.0 Å². The highest BCUT2D eigenvalue weighted by atomic mass is 79.9. The normalized spacial score (nSPS) is 24.7. The predicted octanol–water partition coefficient (Wildman–Crippen LogP) is 2.16. The minimum absolute atomic E-state index is 0.189. The maximum atomic E-state index is 11.6. The fraction of sp³-hybridized carbons (Fsp3) is 0.400. The van der Waals surface area contributed by atoms with E-state index in [0.717, 1.165) is 4.47 Å². The smallest absolute Gasteiger partial charge is 0.417 e. The zero-order valence-corrected chi connectivity index (χ0v) is 10.5. The minimum atomic E-state index is -0.544. The summed E-state index contributed by atoms with van der Waals surface area (Å²) in [7, 11) is 1.51. The van der Waals surface area contributed by atoms with Gasteiger partial charge in [-0.3, -0.25) is 4.90 Å². The SMILES string of the molecule is COC1OC(=O)N(c2ccc(Br)cn2)C1C. The van der Waals surface area contributed by atoms with E-state index in [4.69, 9.17) is 9.47 Å². The van der Waals surface area contributed by atoms with E-state index in [1.54, 1.807) is 12.3 Å². The Morgan fingerprint density at radius 2 is 2.31 bits per heavy atom. The van der Waals surface area contributed by atoms with Crippen molar-refractivity contribution in [3.8, 4) is 0 Å². The van der Waals surface area contributed by atoms with Crippen LogP contribution in [0, 0.1) is 0 Å². The Labute approximate surface area is 101 Å². The zero-order valence-electron chi connectivity index (χ0n) is 8.88. The molecule has 0 bridgehead atoms. The second-order valence-electron chi connectivity index (χ2n) is 3.43. The first-order chi connectivity index (χ1) is 7.63. The topological polar surface area (TPSA) is 51.7 Å². The Hall–Kier alpha value is -1.14. The number of pyridine rings is 1. The molecule has 0 radical (unpaired) electrons. The number of hydrogen-bond donors (Lipinski definition) is 0. The van der Waals surface area contributed by atoms with Crippen molar-refractivity contribution in [1.82, 2.24) is 4.98 Å². The summed E-state index contributed by atoms with van der Waals surface area (Å²) in [5.74, 6) is 0.556. The lowest BCUT2D eigenvalue weighted by atomic mass is 10.3. The van der Waals surface area contributed by atoms with Crippen LogP contribution < -0.4 is 4.90 Å². The van der Waals surface area contributed by atoms with Gasteiger partial charge in [0.1, 0.15) is 11.9 Å². The first-order valence-corrected chi connectivity index (χ1v) is 5.57. The fourth-order valence-corrected chi connectivity index (χ4v) is 1.83. The van der Waals surface area contributed by atoms with Gasteiger partial charge in [-0.2, -0.15) is 0 Å². The molecule has 16 heavy (non-hydrogen) atoms. The molecule has 2 heterocycles. The van der Waals surface area contributed by atoms with Crippen LogP contribution in [0.5, 0.6) is 0 Å². The van der Waals surface area contributed by atoms with Gasteiger partial charge in [-0.1, -0.05) is 0 Å². The Balaban J connectivity index is 2.27. The highest BCUT2D eigenvalue weighted by molar-refractivity contribution is 9.10. The van der Waals surface area contributed by atoms with E-state index in [1.165, 1.54) is 12.0 Å². The lowest BCUT2D eigenvalue weighted by molar-refractivity contribution is -0.0640. The van der Waals surface area contributed by atoms with Gasteiger partial charge in [0.15, 0.2) is 0 Å². The van der Waals surface area contributed by atoms with Crippen LogP contribution >= 0.6 is 15.9 Å². The molecule has 6 heteroatoms. The third kappa shape index (κ3) is 1.90. The first-order valence-electron chi connectivity index (χ1n) is 4.77. The molecule has 2 rings (SSSR count). The summed E-state index contributed by atoms with van der Waals surface area (Å²) in [5, 5.41) is 0. The van der Waals surface area contributed by atoms with E-state index in [2.05, 4.69) is 20.9 Å². The van der Waals surface area contributed by atoms with E-state index in [1.807, 2.05) is 13.0 Å². The number of cyclic esters (lactones) is 1. The van der Waals surface area contributed by atoms with Gasteiger partial charge in [0.25, 0.3) is 0 Å². The highest BCUT2D eigenvalue weighted by Crippen LogP contribution is 2.26. The number of hydrogen-bond acceptors (Lipinski definition) is 4. The van der Waals surface area contributed by atoms with Crippen LogP contribution in [-0.4, -0.2) is 30.5 Å². The van der Waals surface area contributed by atoms with E-state index >= 15 is 0 Å². The molecule has 0 saturated carbocycles. The number of carbonyl (C=O) groups excluding carboxylic acids is 1. The van der Waals surface area contributed by atoms with Crippen molar-refractivity contribution in [2.24, 2.45) is 0 Å². The number of methoxy groups -OCH3 is 1. The molecule has 1 aromatic heterocycles. The summed E-state index contributed by atoms with van der Waals surface area (Å²) < 4.78 is 10.9. The van der Waals surface area contributed by atoms with E-state index < -0.39 is 12.4 Å². The molecule has 2 atom stereocenters. The van der Waals surface area contributed by atoms with Crippen LogP contribution in [0.25, 0.3) is 0 Å². The third-order valence-corrected chi connectivity index (χ3v) is 2.87. The molecule has 1 amide bonds. The van der Waals surface area contributed by atoms with Crippen molar-refractivity contribution in [1.29, 1.82) is 0 Å². The van der Waals surface area contributed by atoms with Gasteiger partial charge in [-0.15, -0.1) is 0 Å². The number of carbonyl (C=O) groups is 1. The van der Waals surface area contributed by atoms with Gasteiger partial charge in [-0.25, -0.2) is 9.78 Å². The number of anilines is 1. The number of ether oxygens (including phenoxy) is 2. The highest BCUT2D eigenvalue weighted by Gasteiger charge is 2.40. The summed E-state index contributed by atoms with van der Waals surface area (Å²) in [6.07, 6.45) is 0.655. The van der Waals surface area contributed by atoms with Gasteiger partial charge in [0.05, 0.1) is 0 Å². The standard InChI is InChI=1S/C10H11BrN2O3/c1-6-9(15-2)16-10(14)13(6)8-4-3-7(11)5-12-8/h3-6,9H,1-2H3. The molecular weight excluding hydrogens is 276 g/mol. The van der Waals surface area contributed by atoms with Crippen molar-refractivity contribution in [3.05, 3.63) is 22.8 Å². The molecule has 0 spiro atoms. The molecule has 5 nitrogen and oxygen atoms in total. The lowest BCUT2D eigenvalue weighted by Gasteiger charge is -2.18. The van der Waals surface area contributed by atoms with Crippen LogP contribution in [0.15, 0.2) is 22.8 Å². The molecule has 86 valence electrons. The maximum absolute atomic E-state index is 11.6. The zero-order chi connectivity index (χ0) is 11.7. The van der Waals surface area contributed by atoms with Crippen LogP contribution in [0.3, 0.4) is 0 Å². The quantitative estimate of drug-likeness (QED) is 0.836. The lowest BCUT2D eigenvalue weighted by Crippen LogP contribution is -2.35. The number of halogens is 1. The van der Waals surface area contributed by atoms with E-state index in [0.29, 0.717) is 5.82 Å². The molecule has 1 aliphatic heterocycles. The van der Waals surface area contributed by atoms with E-state index in [-0.39, 0.29) is 6.04 Å². The molecule has 1 aliphatic rings. The molecule has 1 aromatic rings. The van der Waals surface area contributed by atoms with Crippen LogP contribution in [-0.2, 0) is 9.47 Å². The van der Waals surface area contributed by atoms with Crippen molar-refractivity contribution >= 4 is 27.8 Å². The van der Waals surface area contributed by atoms with Crippen LogP contribution in [0.1, 0.15) is 6.92 Å². The fourth-order valence-electron chi connectivity index (χ4n) is 1.60. The Kier molecular flexibility index (Phi) is 3.11. The van der Waals surface area contributed by atoms with Crippen LogP contribution in [0.4, 0.5) is 10.6 Å². The Morgan fingerprint density at radius 3 is 2.81 bits per heavy atom. The van der Waals surface area contributed by atoms with Crippen molar-refractivity contribution in [2.75, 3.05) is 12.0 Å². The van der Waals surface area contributed by atoms with Gasteiger partial charge < -0.3 is 9.47 Å². The summed E-state index contributed by atoms with van der Waals surface area (Å²) in [6.45, 7) is 1.85. The number of rotatable bonds is 2. The van der Waals surface area contributed by atoms with Gasteiger partial charge >= 0.3 is 6.09 Å². The summed E-state index contributed by atoms with van der Waals surface area (Å²) in [5.41, 5.74) is 0. The minimum Gasteiger partial charge on any atom is -0.417 e. The Bertz CT molecular complexity index is 396. The molecule has 0 aliphatic carbocycles. The van der Waals surface area contributed by atoms with E-state index in [9.17, 15) is 4.79 Å². The summed E-state index contributed by atoms with van der Waals surface area (Å²) in [6, 6.07) is 3.38. The second-order valence-corrected chi connectivity index (χ2v) is 4.35. The third-order valence-electron chi connectivity index (χ3n) is 2.41. The monoisotopic (exact) mass is 286 g/mol. The maximum Gasteiger partial charge on any atom is 0.418 e. The van der Waals surface area contributed by atoms with Crippen molar-refractivity contribution < 1.29 is 14.3 Å². The molecule has 0 aromatic carbocycles. The summed E-state index contributed by atoms with van der Waals surface area (Å²) in [4.78, 5) is 17.2. The Morgan fingerprint density at radius 1 is 1.56 bits per heavy atom. The molecule has 1 saturated heterocycles. The van der Waals surface area contributed by atoms with Gasteiger partial charge in [0.2, 0.25) is 6.29 Å². The molecule has 2 unspecified atom stereocenters. The van der Waals surface area contributed by atoms with Crippen molar-refractivity contribution in [2.45, 2.75) is 19.3 Å². The number of aromatic nitrogens is 1. The average molecular weight is 287 g/mol. The molecule has 1 fully saturated rings. The van der Waals surface area contributed by atoms with Gasteiger partial charge in [0, 0.05) is 17.8 Å². The number of amides is 1. The second kappa shape index (κ2) is 4.39. The van der Waals surface area contributed by atoms with Crippen molar-refractivity contribution in [3.63, 3.8) is 0 Å². The predicted molar refractivity (Wildman–Crippen MR) is 61.2 cm³/mol. The molecule has 0 N–H and O–H groups in total. The molecular formula is C10H11BrN2O3. The summed E-state index contributed by atoms with van der Waals surface area (Å²) >= 11 is 3.29. The van der Waals surface area contributed by atoms with Crippen LogP contribution in [0.2, 0.25) is 0 Å². The number of nitrogens with zero attached hydrogens (tertiary/aromatic N) is 2.